The Kier molecular flexibility index (Phi) is 7.17. The third-order valence-corrected chi connectivity index (χ3v) is 3.20. The Balaban J connectivity index is 2.14. The molecular weight excluding hydrogens is 248 g/mol. The molecule has 0 aliphatic heterocycles. The van der Waals surface area contributed by atoms with Crippen LogP contribution in [0.5, 0.6) is 0 Å². The second-order valence-electron chi connectivity index (χ2n) is 4.00. The van der Waals surface area contributed by atoms with Crippen LogP contribution in [0.4, 0.5) is 5.82 Å². The first-order valence-corrected chi connectivity index (χ1v) is 7.50. The van der Waals surface area contributed by atoms with E-state index in [0.29, 0.717) is 5.82 Å². The highest BCUT2D eigenvalue weighted by Crippen LogP contribution is 2.06. The van der Waals surface area contributed by atoms with Crippen molar-refractivity contribution in [3.63, 3.8) is 0 Å². The number of hydrogen-bond acceptors (Lipinski definition) is 5. The number of rotatable bonds is 9. The summed E-state index contributed by atoms with van der Waals surface area (Å²) in [5, 5.41) is 10.8. The minimum atomic E-state index is -0.553. The lowest BCUT2D eigenvalue weighted by molar-refractivity contribution is 0.0994. The Morgan fingerprint density at radius 1 is 1.28 bits per heavy atom. The molecule has 1 amide bonds. The lowest BCUT2D eigenvalue weighted by atomic mass is 10.2. The van der Waals surface area contributed by atoms with Gasteiger partial charge in [-0.05, 0) is 37.0 Å². The molecule has 18 heavy (non-hydrogen) atoms. The van der Waals surface area contributed by atoms with Gasteiger partial charge in [0.1, 0.15) is 5.82 Å². The number of amides is 1. The van der Waals surface area contributed by atoms with Crippen molar-refractivity contribution in [2.45, 2.75) is 25.7 Å². The number of carbonyl (C=O) groups is 1. The van der Waals surface area contributed by atoms with E-state index in [4.69, 9.17) is 5.73 Å². The van der Waals surface area contributed by atoms with Gasteiger partial charge in [0.15, 0.2) is 5.69 Å². The van der Waals surface area contributed by atoms with Crippen LogP contribution < -0.4 is 11.1 Å². The van der Waals surface area contributed by atoms with Gasteiger partial charge in [-0.3, -0.25) is 4.79 Å². The minimum Gasteiger partial charge on any atom is -0.369 e. The van der Waals surface area contributed by atoms with Crippen molar-refractivity contribution in [2.24, 2.45) is 5.73 Å². The van der Waals surface area contributed by atoms with Gasteiger partial charge in [0, 0.05) is 6.54 Å². The molecule has 0 bridgehead atoms. The number of nitrogens with two attached hydrogens (primary N) is 1. The number of unbranched alkanes of at least 4 members (excludes halogenated alkanes) is 3. The summed E-state index contributed by atoms with van der Waals surface area (Å²) in [6.45, 7) is 0.879. The Morgan fingerprint density at radius 2 is 2.06 bits per heavy atom. The summed E-state index contributed by atoms with van der Waals surface area (Å²) in [6.07, 6.45) is 7.03. The summed E-state index contributed by atoms with van der Waals surface area (Å²) in [5.74, 6) is 1.37. The van der Waals surface area contributed by atoms with Crippen molar-refractivity contribution < 1.29 is 4.79 Å². The van der Waals surface area contributed by atoms with Gasteiger partial charge in [-0.25, -0.2) is 0 Å². The fourth-order valence-corrected chi connectivity index (χ4v) is 1.99. The third-order valence-electron chi connectivity index (χ3n) is 2.50. The summed E-state index contributed by atoms with van der Waals surface area (Å²) in [5.41, 5.74) is 5.27. The Hall–Kier alpha value is -1.30. The Morgan fingerprint density at radius 3 is 2.67 bits per heavy atom. The number of hydrogen-bond donors (Lipinski definition) is 2. The normalized spacial score (nSPS) is 10.3. The van der Waals surface area contributed by atoms with Crippen LogP contribution in [0.15, 0.2) is 12.1 Å². The summed E-state index contributed by atoms with van der Waals surface area (Å²) in [4.78, 5) is 10.8. The van der Waals surface area contributed by atoms with Gasteiger partial charge in [-0.1, -0.05) is 12.8 Å². The highest BCUT2D eigenvalue weighted by molar-refractivity contribution is 7.98. The van der Waals surface area contributed by atoms with E-state index in [1.807, 2.05) is 11.8 Å². The van der Waals surface area contributed by atoms with Crippen molar-refractivity contribution in [1.82, 2.24) is 10.2 Å². The van der Waals surface area contributed by atoms with E-state index >= 15 is 0 Å². The van der Waals surface area contributed by atoms with E-state index in [0.717, 1.165) is 13.0 Å². The van der Waals surface area contributed by atoms with Crippen LogP contribution in [-0.2, 0) is 0 Å². The number of nitrogens with one attached hydrogen (secondary N) is 1. The Labute approximate surface area is 112 Å². The van der Waals surface area contributed by atoms with Crippen molar-refractivity contribution in [1.29, 1.82) is 0 Å². The zero-order valence-electron chi connectivity index (χ0n) is 10.7. The number of thioether (sulfide) groups is 1. The fraction of sp³-hybridized carbons (Fsp3) is 0.583. The molecule has 0 unspecified atom stereocenters. The topological polar surface area (TPSA) is 80.9 Å². The SMILES string of the molecule is CSCCCCCCNc1ccc(C(N)=O)nn1. The highest BCUT2D eigenvalue weighted by Gasteiger charge is 2.02. The molecule has 1 aromatic heterocycles. The van der Waals surface area contributed by atoms with Crippen LogP contribution in [-0.4, -0.2) is 34.7 Å². The second kappa shape index (κ2) is 8.74. The third kappa shape index (κ3) is 5.86. The van der Waals surface area contributed by atoms with Crippen LogP contribution in [0.3, 0.4) is 0 Å². The average Bonchev–Trinajstić information content (AvgIpc) is 2.38. The van der Waals surface area contributed by atoms with Gasteiger partial charge in [0.2, 0.25) is 0 Å². The molecule has 1 heterocycles. The van der Waals surface area contributed by atoms with Gasteiger partial charge < -0.3 is 11.1 Å². The van der Waals surface area contributed by atoms with E-state index in [1.165, 1.54) is 25.0 Å². The van der Waals surface area contributed by atoms with Gasteiger partial charge >= 0.3 is 0 Å². The maximum atomic E-state index is 10.8. The molecular formula is C12H20N4OS. The minimum absolute atomic E-state index is 0.192. The van der Waals surface area contributed by atoms with Crippen LogP contribution in [0.2, 0.25) is 0 Å². The number of primary amides is 1. The van der Waals surface area contributed by atoms with Crippen molar-refractivity contribution >= 4 is 23.5 Å². The first-order valence-electron chi connectivity index (χ1n) is 6.10. The molecule has 5 nitrogen and oxygen atoms in total. The van der Waals surface area contributed by atoms with Gasteiger partial charge in [0.25, 0.3) is 5.91 Å². The summed E-state index contributed by atoms with van der Waals surface area (Å²) >= 11 is 1.89. The molecule has 0 spiro atoms. The van der Waals surface area contributed by atoms with Crippen molar-refractivity contribution in [3.8, 4) is 0 Å². The lowest BCUT2D eigenvalue weighted by Gasteiger charge is -2.04. The van der Waals surface area contributed by atoms with Crippen LogP contribution >= 0.6 is 11.8 Å². The summed E-state index contributed by atoms with van der Waals surface area (Å²) in [6, 6.07) is 3.30. The van der Waals surface area contributed by atoms with Gasteiger partial charge in [0.05, 0.1) is 0 Å². The van der Waals surface area contributed by atoms with Crippen molar-refractivity contribution in [3.05, 3.63) is 17.8 Å². The zero-order chi connectivity index (χ0) is 13.2. The van der Waals surface area contributed by atoms with Crippen LogP contribution in [0, 0.1) is 0 Å². The van der Waals surface area contributed by atoms with Crippen molar-refractivity contribution in [2.75, 3.05) is 23.9 Å². The van der Waals surface area contributed by atoms with E-state index in [-0.39, 0.29) is 5.69 Å². The molecule has 6 heteroatoms. The number of aromatic nitrogens is 2. The smallest absolute Gasteiger partial charge is 0.269 e. The molecule has 0 saturated heterocycles. The molecule has 100 valence electrons. The van der Waals surface area contributed by atoms with Crippen LogP contribution in [0.1, 0.15) is 36.2 Å². The molecule has 1 rings (SSSR count). The lowest BCUT2D eigenvalue weighted by Crippen LogP contribution is -2.14. The monoisotopic (exact) mass is 268 g/mol. The first-order chi connectivity index (χ1) is 8.74. The predicted octanol–water partition coefficient (Wildman–Crippen LogP) is 1.91. The summed E-state index contributed by atoms with van der Waals surface area (Å²) < 4.78 is 0. The van der Waals surface area contributed by atoms with E-state index in [2.05, 4.69) is 21.8 Å². The zero-order valence-corrected chi connectivity index (χ0v) is 11.5. The van der Waals surface area contributed by atoms with Gasteiger partial charge in [-0.15, -0.1) is 10.2 Å². The standard InChI is InChI=1S/C12H20N4OS/c1-18-9-5-3-2-4-8-14-11-7-6-10(12(13)17)15-16-11/h6-7H,2-5,8-9H2,1H3,(H2,13,17)(H,14,16). The molecule has 0 aromatic carbocycles. The molecule has 0 saturated carbocycles. The maximum absolute atomic E-state index is 10.8. The first kappa shape index (κ1) is 14.8. The van der Waals surface area contributed by atoms with E-state index in [9.17, 15) is 4.79 Å². The summed E-state index contributed by atoms with van der Waals surface area (Å²) in [7, 11) is 0. The molecule has 0 aliphatic rings. The molecule has 0 radical (unpaired) electrons. The molecule has 0 fully saturated rings. The number of carbonyl (C=O) groups excluding carboxylic acids is 1. The van der Waals surface area contributed by atoms with E-state index in [1.54, 1.807) is 12.1 Å². The average molecular weight is 268 g/mol. The maximum Gasteiger partial charge on any atom is 0.269 e. The van der Waals surface area contributed by atoms with Gasteiger partial charge in [-0.2, -0.15) is 11.8 Å². The quantitative estimate of drug-likeness (QED) is 0.669. The number of anilines is 1. The highest BCUT2D eigenvalue weighted by atomic mass is 32.2. The Bertz CT molecular complexity index is 356. The largest absolute Gasteiger partial charge is 0.369 e. The van der Waals surface area contributed by atoms with E-state index < -0.39 is 5.91 Å². The molecule has 1 aromatic rings. The molecule has 3 N–H and O–H groups in total. The number of nitrogens with zero attached hydrogens (tertiary/aromatic N) is 2. The molecule has 0 aliphatic carbocycles. The predicted molar refractivity (Wildman–Crippen MR) is 75.9 cm³/mol. The van der Waals surface area contributed by atoms with Crippen LogP contribution in [0.25, 0.3) is 0 Å². The second-order valence-corrected chi connectivity index (χ2v) is 4.99. The molecule has 0 atom stereocenters. The fourth-order valence-electron chi connectivity index (χ4n) is 1.50.